The van der Waals surface area contributed by atoms with E-state index in [0.717, 1.165) is 56.5 Å². The van der Waals surface area contributed by atoms with Crippen LogP contribution in [-0.2, 0) is 18.3 Å². The molecule has 0 amide bonds. The molecule has 28 heavy (non-hydrogen) atoms. The van der Waals surface area contributed by atoms with Crippen molar-refractivity contribution in [2.45, 2.75) is 12.6 Å². The van der Waals surface area contributed by atoms with E-state index in [1.165, 1.54) is 11.1 Å². The quantitative estimate of drug-likeness (QED) is 0.683. The van der Waals surface area contributed by atoms with Crippen molar-refractivity contribution in [3.05, 3.63) is 59.9 Å². The molecule has 1 atom stereocenters. The van der Waals surface area contributed by atoms with Crippen molar-refractivity contribution >= 4 is 11.0 Å². The van der Waals surface area contributed by atoms with Crippen molar-refractivity contribution in [3.63, 3.8) is 0 Å². The van der Waals surface area contributed by atoms with Crippen LogP contribution >= 0.6 is 0 Å². The molecule has 1 fully saturated rings. The van der Waals surface area contributed by atoms with Gasteiger partial charge in [0.25, 0.3) is 0 Å². The van der Waals surface area contributed by atoms with Crippen LogP contribution in [0.15, 0.2) is 48.5 Å². The van der Waals surface area contributed by atoms with Crippen LogP contribution in [0.4, 0.5) is 0 Å². The number of nitrogens with one attached hydrogen (secondary N) is 1. The number of rotatable bonds is 7. The lowest BCUT2D eigenvalue weighted by molar-refractivity contribution is 0.0160. The second-order valence-corrected chi connectivity index (χ2v) is 7.14. The second-order valence-electron chi connectivity index (χ2n) is 7.14. The van der Waals surface area contributed by atoms with Crippen LogP contribution in [-0.4, -0.2) is 54.4 Å². The number of hydrogen-bond acceptors (Lipinski definition) is 5. The molecule has 2 aromatic carbocycles. The molecule has 0 saturated carbocycles. The summed E-state index contributed by atoms with van der Waals surface area (Å²) in [7, 11) is 3.78. The Balaban J connectivity index is 1.47. The molecule has 1 aromatic heterocycles. The molecule has 2 heterocycles. The first-order valence-electron chi connectivity index (χ1n) is 9.83. The van der Waals surface area contributed by atoms with Crippen LogP contribution < -0.4 is 10.1 Å². The third-order valence-electron chi connectivity index (χ3n) is 5.49. The Kier molecular flexibility index (Phi) is 5.90. The number of hydrogen-bond donors (Lipinski definition) is 1. The first-order valence-corrected chi connectivity index (χ1v) is 9.83. The molecule has 3 aromatic rings. The SMILES string of the molecule is COc1ccc(C(CNCc2nc3ccccc3n2C)N2CCOCC2)cc1. The lowest BCUT2D eigenvalue weighted by Gasteiger charge is -2.35. The van der Waals surface area contributed by atoms with Crippen LogP contribution in [0, 0.1) is 0 Å². The summed E-state index contributed by atoms with van der Waals surface area (Å²) in [5.74, 6) is 1.94. The zero-order chi connectivity index (χ0) is 19.3. The van der Waals surface area contributed by atoms with Gasteiger partial charge in [0.05, 0.1) is 37.9 Å². The van der Waals surface area contributed by atoms with Gasteiger partial charge in [0.2, 0.25) is 0 Å². The first kappa shape index (κ1) is 18.9. The highest BCUT2D eigenvalue weighted by Gasteiger charge is 2.22. The maximum atomic E-state index is 5.55. The van der Waals surface area contributed by atoms with Crippen LogP contribution in [0.1, 0.15) is 17.4 Å². The molecular weight excluding hydrogens is 352 g/mol. The van der Waals surface area contributed by atoms with Gasteiger partial charge in [-0.25, -0.2) is 4.98 Å². The van der Waals surface area contributed by atoms with Crippen molar-refractivity contribution in [2.75, 3.05) is 40.0 Å². The standard InChI is InChI=1S/C22H28N4O2/c1-25-20-6-4-3-5-19(20)24-22(25)16-23-15-21(26-11-13-28-14-12-26)17-7-9-18(27-2)10-8-17/h3-10,21,23H,11-16H2,1-2H3. The number of imidazole rings is 1. The zero-order valence-corrected chi connectivity index (χ0v) is 16.6. The van der Waals surface area contributed by atoms with Crippen molar-refractivity contribution < 1.29 is 9.47 Å². The molecule has 6 nitrogen and oxygen atoms in total. The minimum Gasteiger partial charge on any atom is -0.497 e. The largest absolute Gasteiger partial charge is 0.497 e. The Morgan fingerprint density at radius 2 is 1.86 bits per heavy atom. The van der Waals surface area contributed by atoms with Gasteiger partial charge in [-0.1, -0.05) is 24.3 Å². The number of aryl methyl sites for hydroxylation is 1. The van der Waals surface area contributed by atoms with E-state index >= 15 is 0 Å². The van der Waals surface area contributed by atoms with Gasteiger partial charge >= 0.3 is 0 Å². The number of methoxy groups -OCH3 is 1. The van der Waals surface area contributed by atoms with Gasteiger partial charge in [0.1, 0.15) is 11.6 Å². The van der Waals surface area contributed by atoms with Gasteiger partial charge in [-0.3, -0.25) is 4.90 Å². The Labute approximate surface area is 166 Å². The third-order valence-corrected chi connectivity index (χ3v) is 5.49. The highest BCUT2D eigenvalue weighted by molar-refractivity contribution is 5.75. The van der Waals surface area contributed by atoms with Crippen molar-refractivity contribution in [3.8, 4) is 5.75 Å². The van der Waals surface area contributed by atoms with E-state index in [9.17, 15) is 0 Å². The predicted octanol–water partition coefficient (Wildman–Crippen LogP) is 2.75. The summed E-state index contributed by atoms with van der Waals surface area (Å²) in [5, 5.41) is 3.63. The zero-order valence-electron chi connectivity index (χ0n) is 16.6. The average Bonchev–Trinajstić information content (AvgIpc) is 3.08. The minimum absolute atomic E-state index is 0.296. The van der Waals surface area contributed by atoms with Crippen LogP contribution in [0.3, 0.4) is 0 Å². The fourth-order valence-corrected chi connectivity index (χ4v) is 3.85. The van der Waals surface area contributed by atoms with Gasteiger partial charge in [-0.2, -0.15) is 0 Å². The van der Waals surface area contributed by atoms with E-state index in [1.807, 2.05) is 18.2 Å². The molecule has 148 valence electrons. The summed E-state index contributed by atoms with van der Waals surface area (Å²) in [6, 6.07) is 17.0. The highest BCUT2D eigenvalue weighted by atomic mass is 16.5. The van der Waals surface area contributed by atoms with Gasteiger partial charge in [0.15, 0.2) is 0 Å². The molecule has 1 aliphatic heterocycles. The summed E-state index contributed by atoms with van der Waals surface area (Å²) < 4.78 is 13.0. The van der Waals surface area contributed by atoms with Gasteiger partial charge < -0.3 is 19.4 Å². The second kappa shape index (κ2) is 8.73. The average molecular weight is 380 g/mol. The molecule has 6 heteroatoms. The predicted molar refractivity (Wildman–Crippen MR) is 111 cm³/mol. The first-order chi connectivity index (χ1) is 13.8. The Morgan fingerprint density at radius 1 is 1.11 bits per heavy atom. The lowest BCUT2D eigenvalue weighted by Crippen LogP contribution is -2.42. The summed E-state index contributed by atoms with van der Waals surface area (Å²) in [4.78, 5) is 7.26. The monoisotopic (exact) mass is 380 g/mol. The van der Waals surface area contributed by atoms with E-state index in [2.05, 4.69) is 52.2 Å². The maximum Gasteiger partial charge on any atom is 0.123 e. The van der Waals surface area contributed by atoms with Crippen LogP contribution in [0.25, 0.3) is 11.0 Å². The van der Waals surface area contributed by atoms with Gasteiger partial charge in [0, 0.05) is 32.7 Å². The normalized spacial score (nSPS) is 16.4. The van der Waals surface area contributed by atoms with Crippen molar-refractivity contribution in [1.82, 2.24) is 19.8 Å². The molecule has 0 aliphatic carbocycles. The highest BCUT2D eigenvalue weighted by Crippen LogP contribution is 2.24. The Morgan fingerprint density at radius 3 is 2.57 bits per heavy atom. The molecule has 0 spiro atoms. The fourth-order valence-electron chi connectivity index (χ4n) is 3.85. The molecular formula is C22H28N4O2. The Hall–Kier alpha value is -2.41. The van der Waals surface area contributed by atoms with E-state index in [1.54, 1.807) is 7.11 Å². The smallest absolute Gasteiger partial charge is 0.123 e. The van der Waals surface area contributed by atoms with E-state index in [-0.39, 0.29) is 0 Å². The molecule has 1 unspecified atom stereocenters. The van der Waals surface area contributed by atoms with Crippen molar-refractivity contribution in [2.24, 2.45) is 7.05 Å². The number of nitrogens with zero attached hydrogens (tertiary/aromatic N) is 3. The minimum atomic E-state index is 0.296. The summed E-state index contributed by atoms with van der Waals surface area (Å²) in [5.41, 5.74) is 3.50. The molecule has 0 bridgehead atoms. The summed E-state index contributed by atoms with van der Waals surface area (Å²) in [6.07, 6.45) is 0. The molecule has 1 aliphatic rings. The molecule has 1 N–H and O–H groups in total. The fraction of sp³-hybridized carbons (Fsp3) is 0.409. The number of aromatic nitrogens is 2. The Bertz CT molecular complexity index is 901. The molecule has 0 radical (unpaired) electrons. The lowest BCUT2D eigenvalue weighted by atomic mass is 10.0. The number of fused-ring (bicyclic) bond motifs is 1. The number of morpholine rings is 1. The summed E-state index contributed by atoms with van der Waals surface area (Å²) in [6.45, 7) is 5.07. The molecule has 1 saturated heterocycles. The summed E-state index contributed by atoms with van der Waals surface area (Å²) >= 11 is 0. The molecule has 4 rings (SSSR count). The van der Waals surface area contributed by atoms with E-state index in [0.29, 0.717) is 6.04 Å². The number of ether oxygens (including phenoxy) is 2. The third kappa shape index (κ3) is 4.04. The van der Waals surface area contributed by atoms with Crippen LogP contribution in [0.5, 0.6) is 5.75 Å². The van der Waals surface area contributed by atoms with E-state index < -0.39 is 0 Å². The van der Waals surface area contributed by atoms with Gasteiger partial charge in [-0.05, 0) is 29.8 Å². The number of benzene rings is 2. The maximum absolute atomic E-state index is 5.55. The van der Waals surface area contributed by atoms with Crippen LogP contribution in [0.2, 0.25) is 0 Å². The topological polar surface area (TPSA) is 51.5 Å². The van der Waals surface area contributed by atoms with Gasteiger partial charge in [-0.15, -0.1) is 0 Å². The van der Waals surface area contributed by atoms with E-state index in [4.69, 9.17) is 14.5 Å². The van der Waals surface area contributed by atoms with Crippen molar-refractivity contribution in [1.29, 1.82) is 0 Å². The number of para-hydroxylation sites is 2.